The van der Waals surface area contributed by atoms with Crippen molar-refractivity contribution in [2.24, 2.45) is 7.05 Å². The fourth-order valence-corrected chi connectivity index (χ4v) is 3.20. The molecule has 0 saturated carbocycles. The summed E-state index contributed by atoms with van der Waals surface area (Å²) in [4.78, 5) is 4.93. The fraction of sp³-hybridized carbons (Fsp3) is 0.529. The van der Waals surface area contributed by atoms with Crippen molar-refractivity contribution in [1.82, 2.24) is 14.4 Å². The largest absolute Gasteiger partial charge is 0.350 e. The quantitative estimate of drug-likeness (QED) is 0.857. The van der Waals surface area contributed by atoms with E-state index in [1.54, 1.807) is 12.1 Å². The topological polar surface area (TPSA) is 11.4 Å². The highest BCUT2D eigenvalue weighted by Crippen LogP contribution is 2.22. The highest BCUT2D eigenvalue weighted by atomic mass is 19.1. The van der Waals surface area contributed by atoms with Gasteiger partial charge in [0.25, 0.3) is 0 Å². The van der Waals surface area contributed by atoms with Gasteiger partial charge in [-0.15, -0.1) is 0 Å². The minimum Gasteiger partial charge on any atom is -0.350 e. The van der Waals surface area contributed by atoms with Crippen LogP contribution in [0.5, 0.6) is 0 Å². The summed E-state index contributed by atoms with van der Waals surface area (Å²) < 4.78 is 15.4. The first-order valence-corrected chi connectivity index (χ1v) is 7.78. The van der Waals surface area contributed by atoms with Crippen LogP contribution in [0.3, 0.4) is 0 Å². The maximum Gasteiger partial charge on any atom is 0.125 e. The highest BCUT2D eigenvalue weighted by Gasteiger charge is 2.13. The second-order valence-corrected chi connectivity index (χ2v) is 6.18. The number of piperazine rings is 1. The third kappa shape index (κ3) is 3.27. The van der Waals surface area contributed by atoms with Gasteiger partial charge in [-0.25, -0.2) is 4.39 Å². The average molecular weight is 289 g/mol. The Morgan fingerprint density at radius 3 is 2.62 bits per heavy atom. The summed E-state index contributed by atoms with van der Waals surface area (Å²) in [6, 6.07) is 5.10. The molecule has 2 heterocycles. The normalized spacial score (nSPS) is 17.7. The molecule has 0 N–H and O–H groups in total. The number of halogens is 1. The molecule has 0 aliphatic carbocycles. The summed E-state index contributed by atoms with van der Waals surface area (Å²) in [5.41, 5.74) is 2.33. The molecule has 0 atom stereocenters. The number of nitrogens with zero attached hydrogens (tertiary/aromatic N) is 3. The van der Waals surface area contributed by atoms with Gasteiger partial charge >= 0.3 is 0 Å². The first-order valence-electron chi connectivity index (χ1n) is 7.78. The van der Waals surface area contributed by atoms with Crippen molar-refractivity contribution >= 4 is 10.9 Å². The van der Waals surface area contributed by atoms with Gasteiger partial charge < -0.3 is 14.4 Å². The van der Waals surface area contributed by atoms with Gasteiger partial charge in [-0.2, -0.15) is 0 Å². The van der Waals surface area contributed by atoms with Crippen LogP contribution in [0, 0.1) is 5.82 Å². The van der Waals surface area contributed by atoms with Gasteiger partial charge in [0.1, 0.15) is 5.82 Å². The van der Waals surface area contributed by atoms with Gasteiger partial charge in [-0.1, -0.05) is 0 Å². The summed E-state index contributed by atoms with van der Waals surface area (Å²) >= 11 is 0. The third-order valence-corrected chi connectivity index (χ3v) is 4.55. The maximum atomic E-state index is 13.3. The van der Waals surface area contributed by atoms with Crippen LogP contribution in [0.15, 0.2) is 24.4 Å². The molecule has 0 unspecified atom stereocenters. The molecule has 1 fully saturated rings. The Kier molecular flexibility index (Phi) is 4.27. The predicted octanol–water partition coefficient (Wildman–Crippen LogP) is 2.50. The highest BCUT2D eigenvalue weighted by molar-refractivity contribution is 5.84. The number of aryl methyl sites for hydroxylation is 2. The summed E-state index contributed by atoms with van der Waals surface area (Å²) in [5, 5.41) is 1.19. The molecular weight excluding hydrogens is 265 g/mol. The molecule has 0 bridgehead atoms. The van der Waals surface area contributed by atoms with E-state index >= 15 is 0 Å². The van der Waals surface area contributed by atoms with Crippen LogP contribution >= 0.6 is 0 Å². The Hall–Kier alpha value is -1.39. The summed E-state index contributed by atoms with van der Waals surface area (Å²) in [5.74, 6) is -0.160. The molecule has 1 aromatic carbocycles. The van der Waals surface area contributed by atoms with E-state index < -0.39 is 0 Å². The maximum absolute atomic E-state index is 13.3. The molecule has 0 radical (unpaired) electrons. The monoisotopic (exact) mass is 289 g/mol. The molecule has 0 spiro atoms. The van der Waals surface area contributed by atoms with Gasteiger partial charge in [-0.05, 0) is 50.2 Å². The van der Waals surface area contributed by atoms with Gasteiger partial charge in [0, 0.05) is 44.8 Å². The van der Waals surface area contributed by atoms with E-state index in [4.69, 9.17) is 0 Å². The summed E-state index contributed by atoms with van der Waals surface area (Å²) in [6.45, 7) is 5.86. The molecule has 1 aliphatic rings. The Labute approximate surface area is 125 Å². The van der Waals surface area contributed by atoms with Gasteiger partial charge in [0.15, 0.2) is 0 Å². The van der Waals surface area contributed by atoms with E-state index in [9.17, 15) is 4.39 Å². The number of aromatic nitrogens is 1. The molecule has 1 aliphatic heterocycles. The molecule has 1 saturated heterocycles. The second-order valence-electron chi connectivity index (χ2n) is 6.18. The predicted molar refractivity (Wildman–Crippen MR) is 85.1 cm³/mol. The zero-order valence-electron chi connectivity index (χ0n) is 13.0. The number of benzene rings is 1. The lowest BCUT2D eigenvalue weighted by Gasteiger charge is -2.32. The van der Waals surface area contributed by atoms with E-state index in [1.807, 2.05) is 17.7 Å². The molecule has 1 aromatic heterocycles. The lowest BCUT2D eigenvalue weighted by molar-refractivity contribution is 0.153. The number of hydrogen-bond acceptors (Lipinski definition) is 2. The second kappa shape index (κ2) is 6.16. The van der Waals surface area contributed by atoms with Crippen LogP contribution in [0.25, 0.3) is 10.9 Å². The molecule has 21 heavy (non-hydrogen) atoms. The van der Waals surface area contributed by atoms with Crippen molar-refractivity contribution in [3.8, 4) is 0 Å². The zero-order valence-corrected chi connectivity index (χ0v) is 13.0. The minimum atomic E-state index is -0.160. The number of rotatable bonds is 4. The Morgan fingerprint density at radius 1 is 1.10 bits per heavy atom. The molecule has 114 valence electrons. The lowest BCUT2D eigenvalue weighted by atomic mass is 10.1. The fourth-order valence-electron chi connectivity index (χ4n) is 3.20. The van der Waals surface area contributed by atoms with Crippen LogP contribution in [0.1, 0.15) is 12.0 Å². The van der Waals surface area contributed by atoms with Crippen LogP contribution in [-0.4, -0.2) is 54.1 Å². The van der Waals surface area contributed by atoms with Crippen LogP contribution in [0.4, 0.5) is 4.39 Å². The van der Waals surface area contributed by atoms with E-state index in [-0.39, 0.29) is 5.82 Å². The van der Waals surface area contributed by atoms with E-state index in [0.717, 1.165) is 18.5 Å². The first-order chi connectivity index (χ1) is 10.1. The van der Waals surface area contributed by atoms with Crippen LogP contribution in [0.2, 0.25) is 0 Å². The SMILES string of the molecule is CN1CCN(CCCc2cn(C)c3cc(F)ccc23)CC1. The standard InChI is InChI=1S/C17H24FN3/c1-19-8-10-21(11-9-19)7-3-4-14-13-20(2)17-12-15(18)5-6-16(14)17/h5-6,12-13H,3-4,7-11H2,1-2H3. The number of fused-ring (bicyclic) bond motifs is 1. The summed E-state index contributed by atoms with van der Waals surface area (Å²) in [6.07, 6.45) is 4.38. The zero-order chi connectivity index (χ0) is 14.8. The lowest BCUT2D eigenvalue weighted by Crippen LogP contribution is -2.44. The van der Waals surface area contributed by atoms with Gasteiger partial charge in [0.05, 0.1) is 5.52 Å². The van der Waals surface area contributed by atoms with Crippen molar-refractivity contribution in [2.45, 2.75) is 12.8 Å². The number of hydrogen-bond donors (Lipinski definition) is 0. The molecule has 4 heteroatoms. The molecular formula is C17H24FN3. The molecule has 3 nitrogen and oxygen atoms in total. The average Bonchev–Trinajstić information content (AvgIpc) is 2.77. The first kappa shape index (κ1) is 14.5. The van der Waals surface area contributed by atoms with E-state index in [2.05, 4.69) is 23.0 Å². The van der Waals surface area contributed by atoms with Crippen molar-refractivity contribution < 1.29 is 4.39 Å². The van der Waals surface area contributed by atoms with Crippen molar-refractivity contribution in [2.75, 3.05) is 39.8 Å². The van der Waals surface area contributed by atoms with Gasteiger partial charge in [-0.3, -0.25) is 0 Å². The van der Waals surface area contributed by atoms with Crippen molar-refractivity contribution in [3.63, 3.8) is 0 Å². The smallest absolute Gasteiger partial charge is 0.125 e. The molecule has 0 amide bonds. The Morgan fingerprint density at radius 2 is 1.86 bits per heavy atom. The van der Waals surface area contributed by atoms with E-state index in [0.29, 0.717) is 0 Å². The van der Waals surface area contributed by atoms with Gasteiger partial charge in [0.2, 0.25) is 0 Å². The Bertz CT molecular complexity index is 612. The van der Waals surface area contributed by atoms with Crippen LogP contribution < -0.4 is 0 Å². The van der Waals surface area contributed by atoms with Crippen LogP contribution in [-0.2, 0) is 13.5 Å². The number of likely N-dealkylation sites (N-methyl/N-ethyl adjacent to an activating group) is 1. The van der Waals surface area contributed by atoms with Crippen molar-refractivity contribution in [3.05, 3.63) is 35.8 Å². The molecule has 2 aromatic rings. The van der Waals surface area contributed by atoms with Crippen molar-refractivity contribution in [1.29, 1.82) is 0 Å². The molecule has 3 rings (SSSR count). The Balaban J connectivity index is 1.61. The van der Waals surface area contributed by atoms with E-state index in [1.165, 1.54) is 43.5 Å². The third-order valence-electron chi connectivity index (χ3n) is 4.55. The minimum absolute atomic E-state index is 0.160. The summed E-state index contributed by atoms with van der Waals surface area (Å²) in [7, 11) is 4.18.